The molecule has 0 unspecified atom stereocenters. The van der Waals surface area contributed by atoms with E-state index in [4.69, 9.17) is 9.47 Å². The predicted octanol–water partition coefficient (Wildman–Crippen LogP) is 15.5. The lowest BCUT2D eigenvalue weighted by Gasteiger charge is -2.36. The second kappa shape index (κ2) is 49.6. The number of para-hydroxylation sites is 1. The molecular weight excluding hydrogens is 1910 g/mol. The zero-order valence-corrected chi connectivity index (χ0v) is 89.9. The summed E-state index contributed by atoms with van der Waals surface area (Å²) in [5, 5.41) is 21.6. The quantitative estimate of drug-likeness (QED) is 0.0313. The molecular formula is C112H138N20O10S4. The minimum absolute atomic E-state index is 0. The molecule has 1 aliphatic carbocycles. The third-order valence-corrected chi connectivity index (χ3v) is 27.4. The smallest absolute Gasteiger partial charge is 0.411 e. The van der Waals surface area contributed by atoms with Crippen LogP contribution in [0.4, 0.5) is 19.2 Å². The Hall–Kier alpha value is -13.5. The summed E-state index contributed by atoms with van der Waals surface area (Å²) in [5.74, 6) is 2.93. The molecule has 34 heteroatoms. The zero-order valence-electron chi connectivity index (χ0n) is 85.9. The number of carbonyl (C=O) groups is 8. The number of amidine groups is 4. The SMILES string of the molecule is CN(C)C[C@@H](NC(=O)N1CC2=C(CN=C2NC(=O)c2cccc(Oc3ccccc3)c2)C1(C)C)c1ccccc1.CN(C)C[C@@H](NC(=O)N1CC2=C(CN=C2NC(=O)c2ccccc2)C1(C)C)c1ccccc1.CN(C)C[C@@H](NC(=O)N1CC2=C(CN=C2NC(=O)c2ccccn2)C1(C)C)c1ccccc1.CN(C)C[C@@H](OC(=O)N1CC2=C(CN=C2NC(=O)[C@@H]2C[C@H]2c2ccccc2)C1(C)C)c1ccccc1.S.S.S.S. The van der Waals surface area contributed by atoms with Crippen LogP contribution in [0.1, 0.15) is 151 Å². The van der Waals surface area contributed by atoms with Crippen LogP contribution in [0.25, 0.3) is 0 Å². The first-order valence-corrected chi connectivity index (χ1v) is 48.2. The van der Waals surface area contributed by atoms with E-state index in [0.717, 1.165) is 73.3 Å². The van der Waals surface area contributed by atoms with Crippen LogP contribution in [0.2, 0.25) is 0 Å². The Morgan fingerprint density at radius 3 is 1.06 bits per heavy atom. The largest absolute Gasteiger partial charge is 0.457 e. The molecule has 146 heavy (non-hydrogen) atoms. The molecule has 9 aliphatic rings. The number of nitrogens with zero attached hydrogens (tertiary/aromatic N) is 13. The van der Waals surface area contributed by atoms with E-state index in [0.29, 0.717) is 130 Å². The van der Waals surface area contributed by atoms with Crippen molar-refractivity contribution in [2.75, 3.05) is 135 Å². The minimum Gasteiger partial charge on any atom is -0.457 e. The molecule has 9 aromatic rings. The summed E-state index contributed by atoms with van der Waals surface area (Å²) in [7, 11) is 15.9. The number of hydrogen-bond donors (Lipinski definition) is 7. The number of amides is 11. The molecule has 0 spiro atoms. The van der Waals surface area contributed by atoms with Crippen LogP contribution in [0.15, 0.2) is 326 Å². The van der Waals surface area contributed by atoms with E-state index in [1.54, 1.807) is 59.6 Å². The highest BCUT2D eigenvalue weighted by Crippen LogP contribution is 2.49. The lowest BCUT2D eigenvalue weighted by molar-refractivity contribution is -0.121. The van der Waals surface area contributed by atoms with Gasteiger partial charge < -0.3 is 81.0 Å². The Morgan fingerprint density at radius 1 is 0.356 bits per heavy atom. The van der Waals surface area contributed by atoms with Crippen molar-refractivity contribution in [2.45, 2.75) is 114 Å². The summed E-state index contributed by atoms with van der Waals surface area (Å²) >= 11 is 0. The fourth-order valence-electron chi connectivity index (χ4n) is 19.3. The van der Waals surface area contributed by atoms with Gasteiger partial charge in [0.15, 0.2) is 0 Å². The lowest BCUT2D eigenvalue weighted by Crippen LogP contribution is -2.52. The standard InChI is InChI=1S/C32H35N5O3.C29H34N4O3.C26H31N5O2.C25H30N6O2.4H2S/c1-32(2)27-19-33-29(35-30(38)23-14-11-17-25(18-23)40-24-15-9-6-10-16-24)26(27)20-37(32)31(39)34-28(21-36(3)4)22-12-7-5-8-13-22;1-29(2)24-16-30-26(31-27(34)22-15-21(22)19-11-7-5-8-12-19)23(24)17-33(29)28(35)36-25(18-32(3)4)20-13-9-6-10-14-20;1-26(2)21-15-27-23(29-24(32)19-13-9-6-10-14-19)20(21)16-31(26)25(33)28-22(17-30(3)4)18-11-7-5-8-12-18;1-25(2)19-14-27-22(29-23(32)20-12-8-9-13-26-20)18(19)15-31(25)24(33)28-21(16-30(3)4)17-10-6-5-7-11-17;;;;/h5-18,28H,19-21H2,1-4H3,(H,34,39)(H,33,35,38);5-14,21-22,25H,15-18H2,1-4H3,(H,30,31,34);5-14,22H,15-17H2,1-4H3,(H,28,33)(H,27,29,32);5-13,21H,14-16H2,1-4H3,(H,28,33)(H,27,29,32);4*1H2/t28-;21-,22+,25+;22-;21-;;;;/m1011..../s1. The normalized spacial score (nSPS) is 18.1. The van der Waals surface area contributed by atoms with Gasteiger partial charge >= 0.3 is 24.2 Å². The van der Waals surface area contributed by atoms with Gasteiger partial charge in [-0.3, -0.25) is 49.0 Å². The van der Waals surface area contributed by atoms with Crippen molar-refractivity contribution in [3.8, 4) is 11.5 Å². The van der Waals surface area contributed by atoms with E-state index < -0.39 is 22.2 Å². The van der Waals surface area contributed by atoms with Gasteiger partial charge in [-0.15, -0.1) is 0 Å². The average molecular weight is 2050 g/mol. The van der Waals surface area contributed by atoms with Crippen molar-refractivity contribution in [2.24, 2.45) is 25.9 Å². The summed E-state index contributed by atoms with van der Waals surface area (Å²) in [6, 6.07) is 79.9. The molecule has 9 heterocycles. The van der Waals surface area contributed by atoms with Gasteiger partial charge in [0.25, 0.3) is 17.7 Å². The molecule has 11 amide bonds. The number of carbonyl (C=O) groups excluding carboxylic acids is 8. The van der Waals surface area contributed by atoms with Gasteiger partial charge in [0.2, 0.25) is 5.91 Å². The highest BCUT2D eigenvalue weighted by atomic mass is 32.1. The van der Waals surface area contributed by atoms with Crippen LogP contribution < -0.4 is 42.0 Å². The highest BCUT2D eigenvalue weighted by molar-refractivity contribution is 7.59. The zero-order chi connectivity index (χ0) is 101. The first-order chi connectivity index (χ1) is 68.0. The third-order valence-electron chi connectivity index (χ3n) is 27.4. The number of urea groups is 3. The summed E-state index contributed by atoms with van der Waals surface area (Å²) < 4.78 is 11.9. The number of rotatable bonds is 23. The highest BCUT2D eigenvalue weighted by Gasteiger charge is 2.52. The van der Waals surface area contributed by atoms with Crippen LogP contribution in [0.3, 0.4) is 0 Å². The number of aromatic nitrogens is 1. The molecule has 1 fully saturated rings. The molecule has 1 saturated carbocycles. The molecule has 0 saturated heterocycles. The van der Waals surface area contributed by atoms with Crippen LogP contribution >= 0.6 is 54.0 Å². The molecule has 30 nitrogen and oxygen atoms in total. The van der Waals surface area contributed by atoms with E-state index in [2.05, 4.69) is 89.0 Å². The summed E-state index contributed by atoms with van der Waals surface area (Å²) in [6.07, 6.45) is 1.70. The molecule has 0 bridgehead atoms. The maximum absolute atomic E-state index is 13.6. The predicted molar refractivity (Wildman–Crippen MR) is 596 cm³/mol. The topological polar surface area (TPSA) is 327 Å². The number of aliphatic imine (C=N–C) groups is 4. The van der Waals surface area contributed by atoms with Gasteiger partial charge in [-0.2, -0.15) is 54.0 Å². The van der Waals surface area contributed by atoms with Gasteiger partial charge in [-0.1, -0.05) is 200 Å². The molecule has 0 radical (unpaired) electrons. The van der Waals surface area contributed by atoms with Gasteiger partial charge in [0.05, 0.1) is 92.6 Å². The number of nitrogens with one attached hydrogen (secondary N) is 7. The van der Waals surface area contributed by atoms with Crippen molar-refractivity contribution < 1.29 is 47.8 Å². The van der Waals surface area contributed by atoms with E-state index in [9.17, 15) is 38.4 Å². The van der Waals surface area contributed by atoms with E-state index >= 15 is 0 Å². The van der Waals surface area contributed by atoms with Gasteiger partial charge in [-0.25, -0.2) is 19.2 Å². The van der Waals surface area contributed by atoms with Crippen LogP contribution in [-0.2, 0) is 9.53 Å². The first-order valence-electron chi connectivity index (χ1n) is 48.2. The van der Waals surface area contributed by atoms with Crippen molar-refractivity contribution in [3.63, 3.8) is 0 Å². The van der Waals surface area contributed by atoms with Crippen molar-refractivity contribution in [3.05, 3.63) is 350 Å². The van der Waals surface area contributed by atoms with Crippen molar-refractivity contribution >= 4 is 125 Å². The Labute approximate surface area is 885 Å². The Kier molecular flexibility index (Phi) is 38.4. The molecule has 6 atom stereocenters. The fraction of sp³-hybridized carbons (Fsp3) is 0.348. The number of likely N-dealkylation sites (N-methyl/N-ethyl adjacent to an activating group) is 4. The number of ether oxygens (including phenoxy) is 2. The third kappa shape index (κ3) is 26.7. The average Bonchev–Trinajstić information content (AvgIpc) is 1.60. The number of pyridine rings is 1. The lowest BCUT2D eigenvalue weighted by atomic mass is 9.94. The molecule has 770 valence electrons. The monoisotopic (exact) mass is 2050 g/mol. The fourth-order valence-corrected chi connectivity index (χ4v) is 19.3. The number of hydrogen-bond acceptors (Lipinski definition) is 19. The first kappa shape index (κ1) is 113. The Morgan fingerprint density at radius 2 is 0.678 bits per heavy atom. The minimum atomic E-state index is -0.548. The Bertz CT molecular complexity index is 6210. The summed E-state index contributed by atoms with van der Waals surface area (Å²) in [5.41, 5.74) is 12.5. The van der Waals surface area contributed by atoms with Crippen LogP contribution in [0, 0.1) is 5.92 Å². The molecule has 8 aromatic carbocycles. The van der Waals surface area contributed by atoms with E-state index in [1.165, 1.54) is 5.56 Å². The van der Waals surface area contributed by atoms with Gasteiger partial charge in [0.1, 0.15) is 46.6 Å². The van der Waals surface area contributed by atoms with Crippen molar-refractivity contribution in [1.29, 1.82) is 0 Å². The maximum atomic E-state index is 13.6. The maximum Gasteiger partial charge on any atom is 0.411 e. The summed E-state index contributed by atoms with van der Waals surface area (Å²) in [6.45, 7) is 22.3. The molecule has 7 N–H and O–H groups in total. The van der Waals surface area contributed by atoms with Gasteiger partial charge in [0, 0.05) is 71.7 Å². The van der Waals surface area contributed by atoms with E-state index in [-0.39, 0.29) is 138 Å². The van der Waals surface area contributed by atoms with Gasteiger partial charge in [-0.05, 0) is 229 Å². The molecule has 8 aliphatic heterocycles. The van der Waals surface area contributed by atoms with Crippen LogP contribution in [0.5, 0.6) is 11.5 Å². The molecule has 18 rings (SSSR count). The van der Waals surface area contributed by atoms with Crippen molar-refractivity contribution in [1.82, 2.24) is 81.4 Å². The second-order valence-corrected chi connectivity index (χ2v) is 39.9. The number of benzene rings is 8. The second-order valence-electron chi connectivity index (χ2n) is 39.9. The summed E-state index contributed by atoms with van der Waals surface area (Å²) in [4.78, 5) is 143. The van der Waals surface area contributed by atoms with Crippen LogP contribution in [-0.4, -0.2) is 272 Å². The van der Waals surface area contributed by atoms with E-state index in [1.807, 2.05) is 325 Å². The molecule has 1 aromatic heterocycles. The Balaban J connectivity index is 0.000000184.